The first-order valence-corrected chi connectivity index (χ1v) is 8.31. The molecule has 2 rings (SSSR count). The molecule has 0 saturated heterocycles. The molecule has 3 nitrogen and oxygen atoms in total. The number of hydrogen-bond donors (Lipinski definition) is 1. The first-order valence-electron chi connectivity index (χ1n) is 8.31. The lowest BCUT2D eigenvalue weighted by atomic mass is 9.68. The standard InChI is InChI=1S/C17H31N3/c1-5-16(6-2)20-10-9-15(19-20)12-17(18)11-13(3)7-8-14(17)4/h9-10,13-14,16H,5-8,11-12,18H2,1-4H3. The SMILES string of the molecule is CCC(CC)n1ccc(CC2(N)CC(C)CCC2C)n1. The molecular weight excluding hydrogens is 246 g/mol. The zero-order chi connectivity index (χ0) is 14.8. The first-order chi connectivity index (χ1) is 9.48. The molecule has 0 bridgehead atoms. The highest BCUT2D eigenvalue weighted by atomic mass is 15.3. The Morgan fingerprint density at radius 2 is 2.05 bits per heavy atom. The van der Waals surface area contributed by atoms with Crippen LogP contribution in [0.25, 0.3) is 0 Å². The van der Waals surface area contributed by atoms with Crippen LogP contribution in [0.4, 0.5) is 0 Å². The molecule has 1 aliphatic rings. The largest absolute Gasteiger partial charge is 0.324 e. The molecule has 1 heterocycles. The normalized spacial score (nSPS) is 30.9. The van der Waals surface area contributed by atoms with E-state index < -0.39 is 0 Å². The van der Waals surface area contributed by atoms with Gasteiger partial charge in [-0.05, 0) is 43.6 Å². The second kappa shape index (κ2) is 6.30. The second-order valence-electron chi connectivity index (χ2n) is 6.96. The van der Waals surface area contributed by atoms with Crippen molar-refractivity contribution < 1.29 is 0 Å². The predicted octanol–water partition coefficient (Wildman–Crippen LogP) is 3.94. The minimum absolute atomic E-state index is 0.0647. The molecule has 3 heteroatoms. The summed E-state index contributed by atoms with van der Waals surface area (Å²) in [7, 11) is 0. The summed E-state index contributed by atoms with van der Waals surface area (Å²) in [4.78, 5) is 0. The summed E-state index contributed by atoms with van der Waals surface area (Å²) in [5.74, 6) is 1.34. The maximum Gasteiger partial charge on any atom is 0.0643 e. The van der Waals surface area contributed by atoms with Crippen molar-refractivity contribution in [3.8, 4) is 0 Å². The summed E-state index contributed by atoms with van der Waals surface area (Å²) in [6, 6.07) is 2.69. The van der Waals surface area contributed by atoms with Gasteiger partial charge in [0.1, 0.15) is 0 Å². The molecule has 1 saturated carbocycles. The Kier molecular flexibility index (Phi) is 4.90. The van der Waals surface area contributed by atoms with E-state index in [-0.39, 0.29) is 5.54 Å². The van der Waals surface area contributed by atoms with Crippen molar-refractivity contribution in [2.24, 2.45) is 17.6 Å². The number of nitrogens with zero attached hydrogens (tertiary/aromatic N) is 2. The molecule has 0 aliphatic heterocycles. The Morgan fingerprint density at radius 1 is 1.35 bits per heavy atom. The molecule has 1 aromatic heterocycles. The number of nitrogens with two attached hydrogens (primary N) is 1. The number of aromatic nitrogens is 2. The average Bonchev–Trinajstić information content (AvgIpc) is 2.84. The first kappa shape index (κ1) is 15.6. The molecule has 114 valence electrons. The molecule has 1 fully saturated rings. The van der Waals surface area contributed by atoms with Crippen molar-refractivity contribution in [3.63, 3.8) is 0 Å². The maximum atomic E-state index is 6.73. The zero-order valence-electron chi connectivity index (χ0n) is 13.6. The molecular formula is C17H31N3. The van der Waals surface area contributed by atoms with Gasteiger partial charge in [-0.3, -0.25) is 4.68 Å². The van der Waals surface area contributed by atoms with Gasteiger partial charge < -0.3 is 5.73 Å². The molecule has 3 atom stereocenters. The van der Waals surface area contributed by atoms with Gasteiger partial charge >= 0.3 is 0 Å². The van der Waals surface area contributed by atoms with Crippen molar-refractivity contribution in [1.82, 2.24) is 9.78 Å². The lowest BCUT2D eigenvalue weighted by Crippen LogP contribution is -2.51. The van der Waals surface area contributed by atoms with E-state index in [2.05, 4.69) is 44.6 Å². The van der Waals surface area contributed by atoms with Crippen LogP contribution in [-0.4, -0.2) is 15.3 Å². The molecule has 0 amide bonds. The quantitative estimate of drug-likeness (QED) is 0.886. The van der Waals surface area contributed by atoms with Crippen molar-refractivity contribution in [3.05, 3.63) is 18.0 Å². The summed E-state index contributed by atoms with van der Waals surface area (Å²) in [5, 5.41) is 4.79. The molecule has 1 aromatic rings. The van der Waals surface area contributed by atoms with Crippen molar-refractivity contribution >= 4 is 0 Å². The van der Waals surface area contributed by atoms with Crippen LogP contribution in [0.5, 0.6) is 0 Å². The van der Waals surface area contributed by atoms with Gasteiger partial charge in [-0.1, -0.05) is 34.1 Å². The fraction of sp³-hybridized carbons (Fsp3) is 0.824. The summed E-state index contributed by atoms with van der Waals surface area (Å²) in [6.45, 7) is 9.09. The minimum Gasteiger partial charge on any atom is -0.324 e. The van der Waals surface area contributed by atoms with Crippen LogP contribution in [0.2, 0.25) is 0 Å². The summed E-state index contributed by atoms with van der Waals surface area (Å²) >= 11 is 0. The van der Waals surface area contributed by atoms with Gasteiger partial charge in [-0.25, -0.2) is 0 Å². The van der Waals surface area contributed by atoms with Crippen molar-refractivity contribution in [2.45, 2.75) is 77.8 Å². The number of rotatable bonds is 5. The van der Waals surface area contributed by atoms with Crippen LogP contribution in [0.15, 0.2) is 12.3 Å². The molecule has 0 aromatic carbocycles. The van der Waals surface area contributed by atoms with Crippen LogP contribution in [0.3, 0.4) is 0 Å². The average molecular weight is 277 g/mol. The maximum absolute atomic E-state index is 6.73. The lowest BCUT2D eigenvalue weighted by Gasteiger charge is -2.42. The molecule has 0 spiro atoms. The predicted molar refractivity (Wildman–Crippen MR) is 84.6 cm³/mol. The summed E-state index contributed by atoms with van der Waals surface area (Å²) in [6.07, 6.45) is 9.04. The smallest absolute Gasteiger partial charge is 0.0643 e. The monoisotopic (exact) mass is 277 g/mol. The van der Waals surface area contributed by atoms with Crippen LogP contribution in [0, 0.1) is 11.8 Å². The molecule has 2 N–H and O–H groups in total. The van der Waals surface area contributed by atoms with Crippen LogP contribution < -0.4 is 5.73 Å². The van der Waals surface area contributed by atoms with E-state index in [4.69, 9.17) is 10.8 Å². The van der Waals surface area contributed by atoms with Gasteiger partial charge in [0.05, 0.1) is 11.7 Å². The highest BCUT2D eigenvalue weighted by Crippen LogP contribution is 2.37. The topological polar surface area (TPSA) is 43.8 Å². The molecule has 3 unspecified atom stereocenters. The fourth-order valence-corrected chi connectivity index (χ4v) is 3.70. The van der Waals surface area contributed by atoms with E-state index in [1.165, 1.54) is 18.5 Å². The highest BCUT2D eigenvalue weighted by molar-refractivity contribution is 5.09. The summed E-state index contributed by atoms with van der Waals surface area (Å²) in [5.41, 5.74) is 7.83. The number of hydrogen-bond acceptors (Lipinski definition) is 2. The van der Waals surface area contributed by atoms with E-state index in [1.54, 1.807) is 0 Å². The minimum atomic E-state index is -0.0647. The third kappa shape index (κ3) is 3.25. The Morgan fingerprint density at radius 3 is 2.70 bits per heavy atom. The van der Waals surface area contributed by atoms with Gasteiger partial charge in [0.25, 0.3) is 0 Å². The second-order valence-corrected chi connectivity index (χ2v) is 6.96. The zero-order valence-corrected chi connectivity index (χ0v) is 13.6. The summed E-state index contributed by atoms with van der Waals surface area (Å²) < 4.78 is 2.13. The lowest BCUT2D eigenvalue weighted by molar-refractivity contribution is 0.159. The fourth-order valence-electron chi connectivity index (χ4n) is 3.70. The van der Waals surface area contributed by atoms with E-state index >= 15 is 0 Å². The van der Waals surface area contributed by atoms with E-state index in [1.807, 2.05) is 0 Å². The van der Waals surface area contributed by atoms with Gasteiger partial charge in [-0.2, -0.15) is 5.10 Å². The van der Waals surface area contributed by atoms with Crippen LogP contribution in [-0.2, 0) is 6.42 Å². The van der Waals surface area contributed by atoms with E-state index in [0.717, 1.165) is 31.6 Å². The Hall–Kier alpha value is -0.830. The van der Waals surface area contributed by atoms with Gasteiger partial charge in [0.15, 0.2) is 0 Å². The van der Waals surface area contributed by atoms with Gasteiger partial charge in [0, 0.05) is 18.2 Å². The Labute approximate surface area is 123 Å². The Bertz CT molecular complexity index is 422. The highest BCUT2D eigenvalue weighted by Gasteiger charge is 2.37. The van der Waals surface area contributed by atoms with Crippen LogP contribution in [0.1, 0.15) is 71.5 Å². The Balaban J connectivity index is 2.09. The molecule has 1 aliphatic carbocycles. The van der Waals surface area contributed by atoms with Gasteiger partial charge in [0.2, 0.25) is 0 Å². The molecule has 0 radical (unpaired) electrons. The third-order valence-electron chi connectivity index (χ3n) is 5.29. The van der Waals surface area contributed by atoms with Crippen molar-refractivity contribution in [2.75, 3.05) is 0 Å². The van der Waals surface area contributed by atoms with Crippen LogP contribution >= 0.6 is 0 Å². The third-order valence-corrected chi connectivity index (χ3v) is 5.29. The van der Waals surface area contributed by atoms with Gasteiger partial charge in [-0.15, -0.1) is 0 Å². The van der Waals surface area contributed by atoms with Crippen molar-refractivity contribution in [1.29, 1.82) is 0 Å². The molecule has 20 heavy (non-hydrogen) atoms. The van der Waals surface area contributed by atoms with E-state index in [0.29, 0.717) is 12.0 Å². The van der Waals surface area contributed by atoms with E-state index in [9.17, 15) is 0 Å².